The van der Waals surface area contributed by atoms with Crippen LogP contribution in [0.4, 0.5) is 10.4 Å². The van der Waals surface area contributed by atoms with Gasteiger partial charge in [-0.2, -0.15) is 0 Å². The van der Waals surface area contributed by atoms with E-state index in [-0.39, 0.29) is 34.4 Å². The van der Waals surface area contributed by atoms with E-state index in [1.165, 1.54) is 12.1 Å². The zero-order valence-electron chi connectivity index (χ0n) is 11.6. The summed E-state index contributed by atoms with van der Waals surface area (Å²) in [6, 6.07) is 9.06. The Morgan fingerprint density at radius 3 is 2.30 bits per heavy atom. The van der Waals surface area contributed by atoms with Gasteiger partial charge < -0.3 is 14.9 Å². The number of rotatable bonds is 4. The van der Waals surface area contributed by atoms with Gasteiger partial charge in [-0.1, -0.05) is 40.4 Å². The predicted octanol–water partition coefficient (Wildman–Crippen LogP) is 4.34. The monoisotopic (exact) mass is 353 g/mol. The van der Waals surface area contributed by atoms with Crippen LogP contribution in [-0.2, 0) is 6.61 Å². The lowest BCUT2D eigenvalue weighted by atomic mass is 10.2. The molecule has 0 aliphatic heterocycles. The van der Waals surface area contributed by atoms with Crippen LogP contribution in [0.3, 0.4) is 0 Å². The Kier molecular flexibility index (Phi) is 4.36. The van der Waals surface area contributed by atoms with E-state index in [9.17, 15) is 4.39 Å². The van der Waals surface area contributed by atoms with E-state index < -0.39 is 0 Å². The molecule has 0 atom stereocenters. The van der Waals surface area contributed by atoms with Crippen molar-refractivity contribution in [3.05, 3.63) is 57.8 Å². The first kappa shape index (κ1) is 15.6. The van der Waals surface area contributed by atoms with Crippen molar-refractivity contribution in [3.63, 3.8) is 0 Å². The van der Waals surface area contributed by atoms with Gasteiger partial charge in [-0.15, -0.1) is 5.10 Å². The molecule has 0 aliphatic rings. The fraction of sp³-hybridized carbons (Fsp3) is 0.0667. The Bertz CT molecular complexity index is 814. The normalized spacial score (nSPS) is 10.7. The Morgan fingerprint density at radius 1 is 1.09 bits per heavy atom. The van der Waals surface area contributed by atoms with Gasteiger partial charge in [0.05, 0.1) is 10.0 Å². The van der Waals surface area contributed by atoms with Crippen molar-refractivity contribution in [2.24, 2.45) is 0 Å². The predicted molar refractivity (Wildman–Crippen MR) is 84.9 cm³/mol. The molecule has 0 unspecified atom stereocenters. The second-order valence-corrected chi connectivity index (χ2v) is 5.44. The highest BCUT2D eigenvalue weighted by Gasteiger charge is 2.14. The topological polar surface area (TPSA) is 74.2 Å². The highest BCUT2D eigenvalue weighted by Crippen LogP contribution is 2.37. The van der Waals surface area contributed by atoms with Crippen LogP contribution in [0.1, 0.15) is 5.56 Å². The van der Waals surface area contributed by atoms with Crippen LogP contribution in [-0.4, -0.2) is 10.2 Å². The maximum absolute atomic E-state index is 12.9. The first-order chi connectivity index (χ1) is 11.0. The van der Waals surface area contributed by atoms with Gasteiger partial charge in [0, 0.05) is 5.56 Å². The van der Waals surface area contributed by atoms with Gasteiger partial charge in [0.1, 0.15) is 12.4 Å². The van der Waals surface area contributed by atoms with E-state index in [0.29, 0.717) is 11.3 Å². The molecule has 2 aromatic carbocycles. The minimum atomic E-state index is -0.312. The van der Waals surface area contributed by atoms with E-state index in [4.69, 9.17) is 38.1 Å². The Hall–Kier alpha value is -2.31. The van der Waals surface area contributed by atoms with Crippen LogP contribution >= 0.6 is 23.2 Å². The molecule has 118 valence electrons. The smallest absolute Gasteiger partial charge is 0.313 e. The van der Waals surface area contributed by atoms with Crippen LogP contribution < -0.4 is 10.5 Å². The standard InChI is InChI=1S/C15H10Cl2FN3O2/c16-11-5-9(14-20-21-15(19)23-14)6-12(17)13(11)22-7-8-1-3-10(18)4-2-8/h1-6H,7H2,(H2,19,21). The summed E-state index contributed by atoms with van der Waals surface area (Å²) < 4.78 is 23.6. The molecule has 1 heterocycles. The van der Waals surface area contributed by atoms with Gasteiger partial charge in [-0.25, -0.2) is 4.39 Å². The third-order valence-corrected chi connectivity index (χ3v) is 3.54. The minimum Gasteiger partial charge on any atom is -0.486 e. The maximum atomic E-state index is 12.9. The molecule has 3 aromatic rings. The second-order valence-electron chi connectivity index (χ2n) is 4.63. The number of ether oxygens (including phenoxy) is 1. The number of anilines is 1. The van der Waals surface area contributed by atoms with Crippen molar-refractivity contribution in [1.29, 1.82) is 0 Å². The molecule has 0 radical (unpaired) electrons. The summed E-state index contributed by atoms with van der Waals surface area (Å²) in [5.74, 6) is 0.207. The first-order valence-electron chi connectivity index (χ1n) is 6.48. The Balaban J connectivity index is 1.81. The maximum Gasteiger partial charge on any atom is 0.313 e. The van der Waals surface area contributed by atoms with Crippen molar-refractivity contribution < 1.29 is 13.5 Å². The summed E-state index contributed by atoms with van der Waals surface area (Å²) in [4.78, 5) is 0. The molecular formula is C15H10Cl2FN3O2. The number of nitrogen functional groups attached to an aromatic ring is 1. The highest BCUT2D eigenvalue weighted by molar-refractivity contribution is 6.37. The molecule has 0 fully saturated rings. The number of hydrogen-bond acceptors (Lipinski definition) is 5. The zero-order valence-corrected chi connectivity index (χ0v) is 13.1. The van der Waals surface area contributed by atoms with Crippen molar-refractivity contribution in [2.75, 3.05) is 5.73 Å². The summed E-state index contributed by atoms with van der Waals surface area (Å²) in [5.41, 5.74) is 6.70. The lowest BCUT2D eigenvalue weighted by molar-refractivity contribution is 0.306. The lowest BCUT2D eigenvalue weighted by Gasteiger charge is -2.11. The number of hydrogen-bond donors (Lipinski definition) is 1. The molecular weight excluding hydrogens is 344 g/mol. The molecule has 1 aromatic heterocycles. The van der Waals surface area contributed by atoms with Gasteiger partial charge in [-0.3, -0.25) is 0 Å². The van der Waals surface area contributed by atoms with Crippen LogP contribution in [0.15, 0.2) is 40.8 Å². The number of nitrogens with zero attached hydrogens (tertiary/aromatic N) is 2. The molecule has 0 saturated carbocycles. The van der Waals surface area contributed by atoms with E-state index in [0.717, 1.165) is 5.56 Å². The van der Waals surface area contributed by atoms with E-state index in [2.05, 4.69) is 10.2 Å². The van der Waals surface area contributed by atoms with Crippen molar-refractivity contribution in [3.8, 4) is 17.2 Å². The van der Waals surface area contributed by atoms with Crippen LogP contribution in [0.25, 0.3) is 11.5 Å². The molecule has 0 bridgehead atoms. The summed E-state index contributed by atoms with van der Waals surface area (Å²) in [6.07, 6.45) is 0. The largest absolute Gasteiger partial charge is 0.486 e. The summed E-state index contributed by atoms with van der Waals surface area (Å²) in [7, 11) is 0. The number of benzene rings is 2. The molecule has 3 rings (SSSR count). The third-order valence-electron chi connectivity index (χ3n) is 2.98. The first-order valence-corrected chi connectivity index (χ1v) is 7.24. The molecule has 8 heteroatoms. The average Bonchev–Trinajstić information content (AvgIpc) is 2.95. The van der Waals surface area contributed by atoms with Crippen LogP contribution in [0.5, 0.6) is 5.75 Å². The average molecular weight is 354 g/mol. The third kappa shape index (κ3) is 3.55. The second kappa shape index (κ2) is 6.44. The van der Waals surface area contributed by atoms with Gasteiger partial charge >= 0.3 is 6.01 Å². The highest BCUT2D eigenvalue weighted by atomic mass is 35.5. The molecule has 0 spiro atoms. The van der Waals surface area contributed by atoms with E-state index in [1.54, 1.807) is 24.3 Å². The SMILES string of the molecule is Nc1nnc(-c2cc(Cl)c(OCc3ccc(F)cc3)c(Cl)c2)o1. The molecule has 0 saturated heterocycles. The molecule has 0 aliphatic carbocycles. The Morgan fingerprint density at radius 2 is 1.74 bits per heavy atom. The van der Waals surface area contributed by atoms with Gasteiger partial charge in [0.15, 0.2) is 5.75 Å². The molecule has 2 N–H and O–H groups in total. The molecule has 23 heavy (non-hydrogen) atoms. The van der Waals surface area contributed by atoms with Crippen molar-refractivity contribution >= 4 is 29.2 Å². The number of halogens is 3. The minimum absolute atomic E-state index is 0.0520. The summed E-state index contributed by atoms with van der Waals surface area (Å²) >= 11 is 12.4. The van der Waals surface area contributed by atoms with Gasteiger partial charge in [-0.05, 0) is 29.8 Å². The molecule has 0 amide bonds. The summed E-state index contributed by atoms with van der Waals surface area (Å²) in [6.45, 7) is 0.201. The zero-order chi connectivity index (χ0) is 16.4. The summed E-state index contributed by atoms with van der Waals surface area (Å²) in [5, 5.41) is 7.90. The van der Waals surface area contributed by atoms with Gasteiger partial charge in [0.25, 0.3) is 0 Å². The quantitative estimate of drug-likeness (QED) is 0.754. The number of nitrogens with two attached hydrogens (primary N) is 1. The Labute approximate surface area is 140 Å². The lowest BCUT2D eigenvalue weighted by Crippen LogP contribution is -1.97. The van der Waals surface area contributed by atoms with Gasteiger partial charge in [0.2, 0.25) is 5.89 Å². The van der Waals surface area contributed by atoms with Crippen LogP contribution in [0.2, 0.25) is 10.0 Å². The van der Waals surface area contributed by atoms with E-state index >= 15 is 0 Å². The van der Waals surface area contributed by atoms with Crippen LogP contribution in [0, 0.1) is 5.82 Å². The number of aromatic nitrogens is 2. The molecule has 5 nitrogen and oxygen atoms in total. The fourth-order valence-electron chi connectivity index (χ4n) is 1.91. The van der Waals surface area contributed by atoms with Crippen molar-refractivity contribution in [1.82, 2.24) is 10.2 Å². The van der Waals surface area contributed by atoms with Crippen molar-refractivity contribution in [2.45, 2.75) is 6.61 Å². The fourth-order valence-corrected chi connectivity index (χ4v) is 2.50. The van der Waals surface area contributed by atoms with E-state index in [1.807, 2.05) is 0 Å².